The highest BCUT2D eigenvalue weighted by Gasteiger charge is 2.29. The number of ether oxygens (including phenoxy) is 1. The lowest BCUT2D eigenvalue weighted by Gasteiger charge is -2.34. The molecule has 0 saturated carbocycles. The van der Waals surface area contributed by atoms with E-state index in [1.165, 1.54) is 31.5 Å². The van der Waals surface area contributed by atoms with Gasteiger partial charge in [-0.3, -0.25) is 4.98 Å². The van der Waals surface area contributed by atoms with Gasteiger partial charge in [0, 0.05) is 30.7 Å². The van der Waals surface area contributed by atoms with E-state index in [-0.39, 0.29) is 9.79 Å². The number of fused-ring (bicyclic) bond motifs is 1. The van der Waals surface area contributed by atoms with Crippen LogP contribution in [0.25, 0.3) is 10.9 Å². The lowest BCUT2D eigenvalue weighted by molar-refractivity contribution is 0.413. The molecule has 2 heterocycles. The topological polar surface area (TPSA) is 59.5 Å². The van der Waals surface area contributed by atoms with E-state index < -0.39 is 15.7 Å². The van der Waals surface area contributed by atoms with Crippen molar-refractivity contribution in [1.82, 2.24) is 4.98 Å². The number of hydrogen-bond acceptors (Lipinski definition) is 5. The lowest BCUT2D eigenvalue weighted by Crippen LogP contribution is -2.34. The van der Waals surface area contributed by atoms with Gasteiger partial charge in [0.25, 0.3) is 0 Å². The first-order valence-corrected chi connectivity index (χ1v) is 11.1. The van der Waals surface area contributed by atoms with Crippen LogP contribution in [0, 0.1) is 11.7 Å². The number of benzene rings is 2. The normalized spacial score (nSPS) is 15.6. The molecule has 0 radical (unpaired) electrons. The van der Waals surface area contributed by atoms with Gasteiger partial charge in [0.2, 0.25) is 9.84 Å². The Labute approximate surface area is 170 Å². The summed E-state index contributed by atoms with van der Waals surface area (Å²) in [6.07, 6.45) is 3.30. The van der Waals surface area contributed by atoms with E-state index in [1.54, 1.807) is 24.3 Å². The average molecular weight is 415 g/mol. The van der Waals surface area contributed by atoms with Crippen molar-refractivity contribution in [3.63, 3.8) is 0 Å². The molecule has 1 fully saturated rings. The smallest absolute Gasteiger partial charge is 0.210 e. The zero-order valence-electron chi connectivity index (χ0n) is 16.4. The zero-order valence-corrected chi connectivity index (χ0v) is 17.2. The summed E-state index contributed by atoms with van der Waals surface area (Å²) in [4.78, 5) is 6.65. The van der Waals surface area contributed by atoms with Crippen LogP contribution in [0.3, 0.4) is 0 Å². The van der Waals surface area contributed by atoms with Gasteiger partial charge in [-0.1, -0.05) is 13.0 Å². The monoisotopic (exact) mass is 414 g/mol. The standard InChI is InChI=1S/C22H23FN2O3S/c1-15-8-10-25(11-9-15)22-19-7-6-16(23)12-20(19)24-14-21(22)29(26,27)18-5-3-4-17(13-18)28-2/h3-7,12-15H,8-11H2,1-2H3. The van der Waals surface area contributed by atoms with Gasteiger partial charge in [-0.2, -0.15) is 0 Å². The molecule has 1 saturated heterocycles. The molecule has 5 nitrogen and oxygen atoms in total. The second-order valence-electron chi connectivity index (χ2n) is 7.48. The van der Waals surface area contributed by atoms with E-state index in [0.717, 1.165) is 25.9 Å². The molecule has 1 aromatic heterocycles. The number of hydrogen-bond donors (Lipinski definition) is 0. The van der Waals surface area contributed by atoms with Crippen LogP contribution in [0.2, 0.25) is 0 Å². The largest absolute Gasteiger partial charge is 0.497 e. The number of rotatable bonds is 4. The van der Waals surface area contributed by atoms with Gasteiger partial charge in [-0.05, 0) is 49.1 Å². The van der Waals surface area contributed by atoms with Crippen molar-refractivity contribution in [2.75, 3.05) is 25.1 Å². The van der Waals surface area contributed by atoms with Gasteiger partial charge in [-0.15, -0.1) is 0 Å². The second kappa shape index (κ2) is 7.63. The summed E-state index contributed by atoms with van der Waals surface area (Å²) in [5, 5.41) is 0.643. The van der Waals surface area contributed by atoms with Gasteiger partial charge in [0.1, 0.15) is 16.5 Å². The van der Waals surface area contributed by atoms with Gasteiger partial charge >= 0.3 is 0 Å². The molecule has 1 aliphatic heterocycles. The molecule has 4 rings (SSSR count). The molecule has 0 N–H and O–H groups in total. The van der Waals surface area contributed by atoms with E-state index in [4.69, 9.17) is 4.74 Å². The SMILES string of the molecule is COc1cccc(S(=O)(=O)c2cnc3cc(F)ccc3c2N2CCC(C)CC2)c1. The minimum Gasteiger partial charge on any atom is -0.497 e. The summed E-state index contributed by atoms with van der Waals surface area (Å²) < 4.78 is 46.0. The first-order chi connectivity index (χ1) is 13.9. The molecule has 1 aliphatic rings. The Morgan fingerprint density at radius 1 is 1.14 bits per heavy atom. The Morgan fingerprint density at radius 3 is 2.62 bits per heavy atom. The number of methoxy groups -OCH3 is 1. The Morgan fingerprint density at radius 2 is 1.90 bits per heavy atom. The number of nitrogens with zero attached hydrogens (tertiary/aromatic N) is 2. The third-order valence-corrected chi connectivity index (χ3v) is 7.26. The van der Waals surface area contributed by atoms with Crippen LogP contribution in [0.4, 0.5) is 10.1 Å². The Kier molecular flexibility index (Phi) is 5.17. The summed E-state index contributed by atoms with van der Waals surface area (Å²) in [6.45, 7) is 3.70. The molecule has 29 heavy (non-hydrogen) atoms. The van der Waals surface area contributed by atoms with Crippen molar-refractivity contribution in [1.29, 1.82) is 0 Å². The molecule has 0 atom stereocenters. The van der Waals surface area contributed by atoms with Crippen LogP contribution in [0.15, 0.2) is 58.5 Å². The summed E-state index contributed by atoms with van der Waals surface area (Å²) >= 11 is 0. The Hall–Kier alpha value is -2.67. The Balaban J connectivity index is 1.93. The van der Waals surface area contributed by atoms with Crippen molar-refractivity contribution in [3.05, 3.63) is 54.5 Å². The fraction of sp³-hybridized carbons (Fsp3) is 0.318. The zero-order chi connectivity index (χ0) is 20.6. The molecule has 0 aliphatic carbocycles. The van der Waals surface area contributed by atoms with Crippen molar-refractivity contribution in [2.45, 2.75) is 29.6 Å². The summed E-state index contributed by atoms with van der Waals surface area (Å²) in [5.41, 5.74) is 1.05. The molecule has 3 aromatic rings. The number of piperidine rings is 1. The highest BCUT2D eigenvalue weighted by atomic mass is 32.2. The predicted molar refractivity (Wildman–Crippen MR) is 111 cm³/mol. The minimum atomic E-state index is -3.84. The lowest BCUT2D eigenvalue weighted by atomic mass is 9.98. The minimum absolute atomic E-state index is 0.138. The third kappa shape index (κ3) is 3.67. The molecule has 7 heteroatoms. The van der Waals surface area contributed by atoms with Crippen LogP contribution in [0.5, 0.6) is 5.75 Å². The fourth-order valence-corrected chi connectivity index (χ4v) is 5.25. The maximum Gasteiger partial charge on any atom is 0.210 e. The molecule has 152 valence electrons. The number of aromatic nitrogens is 1. The maximum atomic E-state index is 13.8. The van der Waals surface area contributed by atoms with E-state index in [1.807, 2.05) is 0 Å². The van der Waals surface area contributed by atoms with Gasteiger partial charge < -0.3 is 9.64 Å². The maximum absolute atomic E-state index is 13.8. The van der Waals surface area contributed by atoms with E-state index in [0.29, 0.717) is 28.3 Å². The molecule has 0 spiro atoms. The van der Waals surface area contributed by atoms with Crippen molar-refractivity contribution >= 4 is 26.4 Å². The van der Waals surface area contributed by atoms with Crippen LogP contribution in [-0.4, -0.2) is 33.6 Å². The fourth-order valence-electron chi connectivity index (χ4n) is 3.78. The number of sulfone groups is 1. The van der Waals surface area contributed by atoms with Gasteiger partial charge in [0.15, 0.2) is 0 Å². The predicted octanol–water partition coefficient (Wildman–Crippen LogP) is 4.45. The van der Waals surface area contributed by atoms with Gasteiger partial charge in [0.05, 0.1) is 23.2 Å². The third-order valence-electron chi connectivity index (χ3n) is 5.51. The number of anilines is 1. The summed E-state index contributed by atoms with van der Waals surface area (Å²) in [7, 11) is -2.35. The van der Waals surface area contributed by atoms with Crippen LogP contribution < -0.4 is 9.64 Å². The highest BCUT2D eigenvalue weighted by Crippen LogP contribution is 2.38. The molecule has 0 amide bonds. The average Bonchev–Trinajstić information content (AvgIpc) is 2.73. The highest BCUT2D eigenvalue weighted by molar-refractivity contribution is 7.91. The van der Waals surface area contributed by atoms with E-state index >= 15 is 0 Å². The molecule has 0 unspecified atom stereocenters. The first-order valence-electron chi connectivity index (χ1n) is 9.62. The molecule has 0 bridgehead atoms. The molecular formula is C22H23FN2O3S. The van der Waals surface area contributed by atoms with E-state index in [2.05, 4.69) is 16.8 Å². The van der Waals surface area contributed by atoms with Crippen LogP contribution >= 0.6 is 0 Å². The summed E-state index contributed by atoms with van der Waals surface area (Å²) in [6, 6.07) is 10.7. The molecule has 2 aromatic carbocycles. The van der Waals surface area contributed by atoms with Crippen LogP contribution in [0.1, 0.15) is 19.8 Å². The van der Waals surface area contributed by atoms with Gasteiger partial charge in [-0.25, -0.2) is 12.8 Å². The van der Waals surface area contributed by atoms with Crippen molar-refractivity contribution in [3.8, 4) is 5.75 Å². The van der Waals surface area contributed by atoms with E-state index in [9.17, 15) is 12.8 Å². The Bertz CT molecular complexity index is 1160. The number of pyridine rings is 1. The second-order valence-corrected chi connectivity index (χ2v) is 9.40. The summed E-state index contributed by atoms with van der Waals surface area (Å²) in [5.74, 6) is 0.664. The van der Waals surface area contributed by atoms with Crippen molar-refractivity contribution < 1.29 is 17.5 Å². The van der Waals surface area contributed by atoms with Crippen LogP contribution in [-0.2, 0) is 9.84 Å². The molecular weight excluding hydrogens is 391 g/mol. The number of halogens is 1. The quantitative estimate of drug-likeness (QED) is 0.631. The van der Waals surface area contributed by atoms with Crippen molar-refractivity contribution in [2.24, 2.45) is 5.92 Å². The first kappa shape index (κ1) is 19.6.